The van der Waals surface area contributed by atoms with Gasteiger partial charge in [0.25, 0.3) is 0 Å². The Morgan fingerprint density at radius 2 is 2.05 bits per heavy atom. The van der Waals surface area contributed by atoms with Gasteiger partial charge in [-0.25, -0.2) is 9.59 Å². The molecule has 21 heavy (non-hydrogen) atoms. The first-order valence-electron chi connectivity index (χ1n) is 6.98. The number of carbonyl (C=O) groups excluding carboxylic acids is 2. The van der Waals surface area contributed by atoms with E-state index >= 15 is 0 Å². The number of amides is 1. The summed E-state index contributed by atoms with van der Waals surface area (Å²) in [6, 6.07) is 9.36. The first-order chi connectivity index (χ1) is 10.2. The van der Waals surface area contributed by atoms with E-state index < -0.39 is 18.3 Å². The fourth-order valence-corrected chi connectivity index (χ4v) is 2.04. The van der Waals surface area contributed by atoms with Crippen LogP contribution in [0.25, 0.3) is 0 Å². The summed E-state index contributed by atoms with van der Waals surface area (Å²) in [6.45, 7) is 2.94. The van der Waals surface area contributed by atoms with Crippen LogP contribution in [0.5, 0.6) is 0 Å². The van der Waals surface area contributed by atoms with Crippen molar-refractivity contribution in [1.82, 2.24) is 4.90 Å². The van der Waals surface area contributed by atoms with Gasteiger partial charge < -0.3 is 14.2 Å². The summed E-state index contributed by atoms with van der Waals surface area (Å²) in [5.41, 5.74) is 0.886. The molecule has 1 saturated heterocycles. The van der Waals surface area contributed by atoms with Crippen LogP contribution in [0.15, 0.2) is 30.3 Å². The van der Waals surface area contributed by atoms with E-state index in [1.54, 1.807) is 6.92 Å². The molecule has 0 bridgehead atoms. The maximum Gasteiger partial charge on any atom is 0.412 e. The van der Waals surface area contributed by atoms with Crippen LogP contribution in [-0.2, 0) is 25.6 Å². The fourth-order valence-electron chi connectivity index (χ4n) is 2.04. The second-order valence-electron chi connectivity index (χ2n) is 4.56. The normalized spacial score (nSPS) is 18.1. The molecule has 0 radical (unpaired) electrons. The van der Waals surface area contributed by atoms with Crippen molar-refractivity contribution in [3.05, 3.63) is 35.9 Å². The highest BCUT2D eigenvalue weighted by atomic mass is 16.6. The van der Waals surface area contributed by atoms with Gasteiger partial charge in [-0.2, -0.15) is 0 Å². The Bertz CT molecular complexity index is 476. The van der Waals surface area contributed by atoms with Gasteiger partial charge in [0.05, 0.1) is 13.2 Å². The van der Waals surface area contributed by atoms with Gasteiger partial charge in [0, 0.05) is 6.54 Å². The fraction of sp³-hybridized carbons (Fsp3) is 0.467. The smallest absolute Gasteiger partial charge is 0.412 e. The Labute approximate surface area is 123 Å². The van der Waals surface area contributed by atoms with Gasteiger partial charge in [-0.1, -0.05) is 30.3 Å². The standard InChI is InChI=1S/C15H19NO5/c1-2-19-14(17)13-16(9-6-10-20-13)15(18)21-11-12-7-4-3-5-8-12/h3-5,7-8,13H,2,6,9-11H2,1H3. The third-order valence-corrected chi connectivity index (χ3v) is 3.03. The Morgan fingerprint density at radius 3 is 2.76 bits per heavy atom. The first-order valence-corrected chi connectivity index (χ1v) is 6.98. The van der Waals surface area contributed by atoms with Crippen molar-refractivity contribution in [2.75, 3.05) is 19.8 Å². The molecule has 1 heterocycles. The summed E-state index contributed by atoms with van der Waals surface area (Å²) in [4.78, 5) is 25.2. The molecule has 0 N–H and O–H groups in total. The summed E-state index contributed by atoms with van der Waals surface area (Å²) in [5.74, 6) is -0.561. The van der Waals surface area contributed by atoms with E-state index in [0.29, 0.717) is 19.6 Å². The summed E-state index contributed by atoms with van der Waals surface area (Å²) in [5, 5.41) is 0. The molecule has 1 fully saturated rings. The molecule has 6 nitrogen and oxygen atoms in total. The largest absolute Gasteiger partial charge is 0.463 e. The molecule has 1 aromatic rings. The van der Waals surface area contributed by atoms with Crippen LogP contribution >= 0.6 is 0 Å². The van der Waals surface area contributed by atoms with Gasteiger partial charge in [0.15, 0.2) is 0 Å². The van der Waals surface area contributed by atoms with Gasteiger partial charge in [0.1, 0.15) is 6.61 Å². The van der Waals surface area contributed by atoms with E-state index in [4.69, 9.17) is 14.2 Å². The second-order valence-corrected chi connectivity index (χ2v) is 4.56. The van der Waals surface area contributed by atoms with Crippen molar-refractivity contribution in [3.8, 4) is 0 Å². The van der Waals surface area contributed by atoms with Crippen LogP contribution in [0.3, 0.4) is 0 Å². The highest BCUT2D eigenvalue weighted by Gasteiger charge is 2.35. The average molecular weight is 293 g/mol. The summed E-state index contributed by atoms with van der Waals surface area (Å²) in [6.07, 6.45) is -0.922. The van der Waals surface area contributed by atoms with Gasteiger partial charge in [0.2, 0.25) is 6.23 Å². The number of hydrogen-bond acceptors (Lipinski definition) is 5. The van der Waals surface area contributed by atoms with E-state index in [1.165, 1.54) is 4.90 Å². The van der Waals surface area contributed by atoms with Crippen molar-refractivity contribution in [2.45, 2.75) is 26.2 Å². The zero-order chi connectivity index (χ0) is 15.1. The molecule has 2 rings (SSSR count). The molecule has 1 amide bonds. The molecule has 1 aromatic carbocycles. The number of hydrogen-bond donors (Lipinski definition) is 0. The first kappa shape index (κ1) is 15.3. The lowest BCUT2D eigenvalue weighted by Crippen LogP contribution is -2.51. The van der Waals surface area contributed by atoms with Crippen LogP contribution in [0.2, 0.25) is 0 Å². The van der Waals surface area contributed by atoms with Crippen molar-refractivity contribution >= 4 is 12.1 Å². The van der Waals surface area contributed by atoms with Gasteiger partial charge in [-0.05, 0) is 18.9 Å². The Morgan fingerprint density at radius 1 is 1.29 bits per heavy atom. The molecule has 0 aliphatic carbocycles. The minimum absolute atomic E-state index is 0.158. The van der Waals surface area contributed by atoms with Crippen LogP contribution in [0, 0.1) is 0 Å². The van der Waals surface area contributed by atoms with Crippen molar-refractivity contribution in [2.24, 2.45) is 0 Å². The van der Waals surface area contributed by atoms with Gasteiger partial charge >= 0.3 is 12.1 Å². The molecule has 1 unspecified atom stereocenters. The minimum atomic E-state index is -1.01. The third-order valence-electron chi connectivity index (χ3n) is 3.03. The van der Waals surface area contributed by atoms with E-state index in [0.717, 1.165) is 5.56 Å². The minimum Gasteiger partial charge on any atom is -0.463 e. The number of rotatable bonds is 4. The Hall–Kier alpha value is -2.08. The van der Waals surface area contributed by atoms with E-state index in [9.17, 15) is 9.59 Å². The summed E-state index contributed by atoms with van der Waals surface area (Å²) in [7, 11) is 0. The number of esters is 1. The third kappa shape index (κ3) is 4.19. The molecule has 0 saturated carbocycles. The average Bonchev–Trinajstić information content (AvgIpc) is 2.54. The molecular formula is C15H19NO5. The van der Waals surface area contributed by atoms with E-state index in [-0.39, 0.29) is 13.2 Å². The second kappa shape index (κ2) is 7.64. The lowest BCUT2D eigenvalue weighted by atomic mass is 10.2. The Balaban J connectivity index is 1.93. The molecule has 1 aliphatic rings. The number of carbonyl (C=O) groups is 2. The van der Waals surface area contributed by atoms with Crippen molar-refractivity contribution in [1.29, 1.82) is 0 Å². The molecular weight excluding hydrogens is 274 g/mol. The summed E-state index contributed by atoms with van der Waals surface area (Å²) < 4.78 is 15.5. The molecule has 0 aromatic heterocycles. The topological polar surface area (TPSA) is 65.1 Å². The summed E-state index contributed by atoms with van der Waals surface area (Å²) >= 11 is 0. The number of benzene rings is 1. The molecule has 0 spiro atoms. The maximum atomic E-state index is 12.1. The van der Waals surface area contributed by atoms with Crippen molar-refractivity contribution < 1.29 is 23.8 Å². The Kier molecular flexibility index (Phi) is 5.57. The lowest BCUT2D eigenvalue weighted by molar-refractivity contribution is -0.174. The SMILES string of the molecule is CCOC(=O)C1OCCCN1C(=O)OCc1ccccc1. The van der Waals surface area contributed by atoms with Gasteiger partial charge in [-0.15, -0.1) is 0 Å². The highest BCUT2D eigenvalue weighted by Crippen LogP contribution is 2.14. The van der Waals surface area contributed by atoms with Crippen LogP contribution < -0.4 is 0 Å². The lowest BCUT2D eigenvalue weighted by Gasteiger charge is -2.32. The van der Waals surface area contributed by atoms with Crippen LogP contribution in [0.4, 0.5) is 4.79 Å². The predicted molar refractivity (Wildman–Crippen MR) is 74.3 cm³/mol. The zero-order valence-electron chi connectivity index (χ0n) is 12.0. The molecule has 6 heteroatoms. The molecule has 1 aliphatic heterocycles. The number of nitrogens with zero attached hydrogens (tertiary/aromatic N) is 1. The quantitative estimate of drug-likeness (QED) is 0.794. The van der Waals surface area contributed by atoms with E-state index in [2.05, 4.69) is 0 Å². The molecule has 1 atom stereocenters. The van der Waals surface area contributed by atoms with E-state index in [1.807, 2.05) is 30.3 Å². The monoisotopic (exact) mass is 293 g/mol. The van der Waals surface area contributed by atoms with Crippen LogP contribution in [0.1, 0.15) is 18.9 Å². The predicted octanol–water partition coefficient (Wildman–Crippen LogP) is 1.93. The van der Waals surface area contributed by atoms with Crippen LogP contribution in [-0.4, -0.2) is 42.9 Å². The maximum absolute atomic E-state index is 12.1. The van der Waals surface area contributed by atoms with Gasteiger partial charge in [-0.3, -0.25) is 4.90 Å². The zero-order valence-corrected chi connectivity index (χ0v) is 12.0. The number of ether oxygens (including phenoxy) is 3. The molecule has 114 valence electrons. The highest BCUT2D eigenvalue weighted by molar-refractivity contribution is 5.80. The van der Waals surface area contributed by atoms with Crippen molar-refractivity contribution in [3.63, 3.8) is 0 Å².